The minimum absolute atomic E-state index is 0.00558. The third kappa shape index (κ3) is 5.73. The molecule has 1 heterocycles. The van der Waals surface area contributed by atoms with Crippen molar-refractivity contribution in [2.45, 2.75) is 4.34 Å². The van der Waals surface area contributed by atoms with E-state index < -0.39 is 4.92 Å². The normalized spacial score (nSPS) is 10.9. The van der Waals surface area contributed by atoms with Crippen LogP contribution in [-0.2, 0) is 0 Å². The van der Waals surface area contributed by atoms with Crippen molar-refractivity contribution >= 4 is 45.8 Å². The average molecular weight is 412 g/mol. The Morgan fingerprint density at radius 3 is 2.79 bits per heavy atom. The molecule has 7 nitrogen and oxygen atoms in total. The highest BCUT2D eigenvalue weighted by atomic mass is 32.2. The quantitative estimate of drug-likeness (QED) is 0.238. The van der Waals surface area contributed by atoms with Gasteiger partial charge in [0.1, 0.15) is 0 Å². The minimum Gasteiger partial charge on any atom is -0.353 e. The Bertz CT molecular complexity index is 990. The summed E-state index contributed by atoms with van der Waals surface area (Å²) in [5.74, 6) is 0.509. The lowest BCUT2D eigenvalue weighted by atomic mass is 10.1. The first-order valence-corrected chi connectivity index (χ1v) is 10.1. The number of hydrogen-bond donors (Lipinski definition) is 1. The third-order valence-corrected chi connectivity index (χ3v) is 5.57. The molecule has 3 rings (SSSR count). The highest BCUT2D eigenvalue weighted by Gasteiger charge is 2.12. The van der Waals surface area contributed by atoms with Gasteiger partial charge in [-0.2, -0.15) is 0 Å². The summed E-state index contributed by atoms with van der Waals surface area (Å²) in [5, 5.41) is 22.4. The second-order valence-corrected chi connectivity index (χ2v) is 7.83. The van der Waals surface area contributed by atoms with Crippen molar-refractivity contribution in [1.29, 1.82) is 0 Å². The molecule has 0 aliphatic heterocycles. The Balaban J connectivity index is 1.48. The SMILES string of the molecule is O=C(CNc1nnc(SC/C=C/c2ccccc2)s1)c1cccc([N+](=O)[O-])c1. The summed E-state index contributed by atoms with van der Waals surface area (Å²) in [4.78, 5) is 22.5. The molecule has 28 heavy (non-hydrogen) atoms. The van der Waals surface area contributed by atoms with Gasteiger partial charge in [0.25, 0.3) is 5.69 Å². The zero-order valence-electron chi connectivity index (χ0n) is 14.6. The molecule has 0 saturated heterocycles. The number of non-ortho nitro benzene ring substituents is 1. The second-order valence-electron chi connectivity index (χ2n) is 5.58. The number of nitro groups is 1. The minimum atomic E-state index is -0.523. The lowest BCUT2D eigenvalue weighted by molar-refractivity contribution is -0.384. The molecule has 0 radical (unpaired) electrons. The van der Waals surface area contributed by atoms with Crippen LogP contribution in [0.5, 0.6) is 0 Å². The van der Waals surface area contributed by atoms with Gasteiger partial charge in [-0.05, 0) is 5.56 Å². The zero-order valence-corrected chi connectivity index (χ0v) is 16.3. The molecule has 0 unspecified atom stereocenters. The van der Waals surface area contributed by atoms with E-state index in [0.717, 1.165) is 15.7 Å². The smallest absolute Gasteiger partial charge is 0.270 e. The van der Waals surface area contributed by atoms with Gasteiger partial charge in [0.2, 0.25) is 5.13 Å². The maximum absolute atomic E-state index is 12.2. The number of Topliss-reactive ketones (excluding diaryl/α,β-unsaturated/α-hetero) is 1. The topological polar surface area (TPSA) is 98.0 Å². The lowest BCUT2D eigenvalue weighted by Gasteiger charge is -2.01. The molecule has 0 fully saturated rings. The molecule has 0 atom stereocenters. The van der Waals surface area contributed by atoms with Crippen molar-refractivity contribution in [2.75, 3.05) is 17.6 Å². The van der Waals surface area contributed by atoms with E-state index in [1.54, 1.807) is 17.8 Å². The molecule has 3 aromatic rings. The van der Waals surface area contributed by atoms with E-state index in [4.69, 9.17) is 0 Å². The fraction of sp³-hybridized carbons (Fsp3) is 0.105. The Morgan fingerprint density at radius 2 is 2.00 bits per heavy atom. The third-order valence-electron chi connectivity index (χ3n) is 3.60. The summed E-state index contributed by atoms with van der Waals surface area (Å²) < 4.78 is 0.794. The van der Waals surface area contributed by atoms with Crippen molar-refractivity contribution in [3.05, 3.63) is 81.9 Å². The predicted molar refractivity (Wildman–Crippen MR) is 112 cm³/mol. The van der Waals surface area contributed by atoms with Crippen molar-refractivity contribution in [3.8, 4) is 0 Å². The van der Waals surface area contributed by atoms with Crippen LogP contribution in [0, 0.1) is 10.1 Å². The van der Waals surface area contributed by atoms with Gasteiger partial charge in [0.15, 0.2) is 10.1 Å². The van der Waals surface area contributed by atoms with E-state index >= 15 is 0 Å². The van der Waals surface area contributed by atoms with Gasteiger partial charge < -0.3 is 5.32 Å². The van der Waals surface area contributed by atoms with Gasteiger partial charge in [-0.1, -0.05) is 77.7 Å². The molecule has 0 amide bonds. The Hall–Kier alpha value is -3.04. The van der Waals surface area contributed by atoms with E-state index in [1.807, 2.05) is 36.4 Å². The van der Waals surface area contributed by atoms with Gasteiger partial charge in [0, 0.05) is 23.4 Å². The maximum Gasteiger partial charge on any atom is 0.270 e. The highest BCUT2D eigenvalue weighted by Crippen LogP contribution is 2.25. The second kappa shape index (κ2) is 9.77. The Labute approximate surface area is 169 Å². The first-order chi connectivity index (χ1) is 13.6. The van der Waals surface area contributed by atoms with Crippen molar-refractivity contribution in [3.63, 3.8) is 0 Å². The van der Waals surface area contributed by atoms with Crippen LogP contribution < -0.4 is 5.32 Å². The standard InChI is InChI=1S/C19H16N4O3S2/c24-17(15-9-4-10-16(12-15)23(25)26)13-20-18-21-22-19(28-18)27-11-5-8-14-6-2-1-3-7-14/h1-10,12H,11,13H2,(H,20,21)/b8-5+. The van der Waals surface area contributed by atoms with Crippen LogP contribution in [0.4, 0.5) is 10.8 Å². The maximum atomic E-state index is 12.2. The Morgan fingerprint density at radius 1 is 1.18 bits per heavy atom. The summed E-state index contributed by atoms with van der Waals surface area (Å²) in [6.45, 7) is -0.00558. The number of nitrogens with zero attached hydrogens (tertiary/aromatic N) is 3. The van der Waals surface area contributed by atoms with Crippen molar-refractivity contribution < 1.29 is 9.72 Å². The predicted octanol–water partition coefficient (Wildman–Crippen LogP) is 4.55. The molecule has 0 spiro atoms. The first-order valence-electron chi connectivity index (χ1n) is 8.31. The molecular weight excluding hydrogens is 396 g/mol. The van der Waals surface area contributed by atoms with Crippen molar-refractivity contribution in [1.82, 2.24) is 10.2 Å². The molecule has 1 N–H and O–H groups in total. The van der Waals surface area contributed by atoms with Gasteiger partial charge in [0.05, 0.1) is 11.5 Å². The first kappa shape index (κ1) is 19.7. The number of carbonyl (C=O) groups is 1. The summed E-state index contributed by atoms with van der Waals surface area (Å²) in [7, 11) is 0. The molecule has 9 heteroatoms. The Kier molecular flexibility index (Phi) is 6.88. The fourth-order valence-corrected chi connectivity index (χ4v) is 3.84. The number of carbonyl (C=O) groups excluding carboxylic acids is 1. The summed E-state index contributed by atoms with van der Waals surface area (Å²) in [6.07, 6.45) is 4.10. The van der Waals surface area contributed by atoms with E-state index in [1.165, 1.54) is 29.5 Å². The molecule has 0 bridgehead atoms. The molecule has 142 valence electrons. The van der Waals surface area contributed by atoms with Crippen LogP contribution in [0.1, 0.15) is 15.9 Å². The number of hydrogen-bond acceptors (Lipinski definition) is 8. The van der Waals surface area contributed by atoms with Crippen LogP contribution >= 0.6 is 23.1 Å². The van der Waals surface area contributed by atoms with Gasteiger partial charge in [-0.25, -0.2) is 0 Å². The number of thioether (sulfide) groups is 1. The molecule has 1 aromatic heterocycles. The molecule has 0 saturated carbocycles. The molecule has 2 aromatic carbocycles. The zero-order chi connectivity index (χ0) is 19.8. The number of nitro benzene ring substituents is 1. The lowest BCUT2D eigenvalue weighted by Crippen LogP contribution is -2.14. The fourth-order valence-electron chi connectivity index (χ4n) is 2.26. The summed E-state index contributed by atoms with van der Waals surface area (Å²) >= 11 is 2.91. The monoisotopic (exact) mass is 412 g/mol. The van der Waals surface area contributed by atoms with E-state index in [9.17, 15) is 14.9 Å². The number of nitrogens with one attached hydrogen (secondary N) is 1. The van der Waals surface area contributed by atoms with Gasteiger partial charge >= 0.3 is 0 Å². The van der Waals surface area contributed by atoms with Crippen LogP contribution in [0.3, 0.4) is 0 Å². The van der Waals surface area contributed by atoms with Gasteiger partial charge in [-0.15, -0.1) is 10.2 Å². The number of aromatic nitrogens is 2. The van der Waals surface area contributed by atoms with Crippen LogP contribution in [0.25, 0.3) is 6.08 Å². The van der Waals surface area contributed by atoms with Gasteiger partial charge in [-0.3, -0.25) is 14.9 Å². The number of benzene rings is 2. The number of ketones is 1. The molecule has 0 aliphatic rings. The molecular formula is C19H16N4O3S2. The van der Waals surface area contributed by atoms with E-state index in [-0.39, 0.29) is 23.6 Å². The number of rotatable bonds is 9. The number of anilines is 1. The summed E-state index contributed by atoms with van der Waals surface area (Å²) in [6, 6.07) is 15.7. The average Bonchev–Trinajstić information content (AvgIpc) is 3.18. The largest absolute Gasteiger partial charge is 0.353 e. The van der Waals surface area contributed by atoms with Crippen molar-refractivity contribution in [2.24, 2.45) is 0 Å². The van der Waals surface area contributed by atoms with E-state index in [0.29, 0.717) is 5.13 Å². The highest BCUT2D eigenvalue weighted by molar-refractivity contribution is 8.01. The van der Waals surface area contributed by atoms with Crippen LogP contribution in [0.2, 0.25) is 0 Å². The van der Waals surface area contributed by atoms with Crippen LogP contribution in [-0.4, -0.2) is 33.2 Å². The van der Waals surface area contributed by atoms with E-state index in [2.05, 4.69) is 21.6 Å². The molecule has 0 aliphatic carbocycles. The summed E-state index contributed by atoms with van der Waals surface area (Å²) in [5.41, 5.74) is 1.32. The van der Waals surface area contributed by atoms with Crippen LogP contribution in [0.15, 0.2) is 65.0 Å².